The molecule has 5 heteroatoms. The molecule has 0 saturated carbocycles. The zero-order valence-corrected chi connectivity index (χ0v) is 10.9. The van der Waals surface area contributed by atoms with Gasteiger partial charge in [-0.05, 0) is 18.6 Å². The van der Waals surface area contributed by atoms with Crippen molar-refractivity contribution in [2.75, 3.05) is 7.11 Å². The lowest BCUT2D eigenvalue weighted by Crippen LogP contribution is -1.96. The first kappa shape index (κ1) is 12.1. The maximum absolute atomic E-state index is 11.3. The highest BCUT2D eigenvalue weighted by Crippen LogP contribution is 2.28. The Labute approximate surface area is 108 Å². The minimum Gasteiger partial charge on any atom is -0.465 e. The molecule has 0 aliphatic rings. The van der Waals surface area contributed by atoms with Crippen molar-refractivity contribution in [2.45, 2.75) is 6.92 Å². The van der Waals surface area contributed by atoms with Crippen LogP contribution in [0.2, 0.25) is 5.02 Å². The highest BCUT2D eigenvalue weighted by Gasteiger charge is 2.12. The van der Waals surface area contributed by atoms with E-state index in [2.05, 4.69) is 9.72 Å². The molecule has 0 N–H and O–H groups in total. The number of aromatic nitrogens is 1. The molecule has 0 radical (unpaired) electrons. The first-order valence-electron chi connectivity index (χ1n) is 4.92. The number of nitrogens with zero attached hydrogens (tertiary/aromatic N) is 1. The van der Waals surface area contributed by atoms with Crippen molar-refractivity contribution in [2.24, 2.45) is 0 Å². The van der Waals surface area contributed by atoms with Gasteiger partial charge in [-0.2, -0.15) is 0 Å². The fourth-order valence-electron chi connectivity index (χ4n) is 1.33. The average Bonchev–Trinajstić information content (AvgIpc) is 2.81. The van der Waals surface area contributed by atoms with Gasteiger partial charge in [-0.15, -0.1) is 11.3 Å². The molecule has 1 aromatic heterocycles. The Bertz CT molecular complexity index is 565. The predicted molar refractivity (Wildman–Crippen MR) is 68.6 cm³/mol. The number of aryl methyl sites for hydroxylation is 1. The van der Waals surface area contributed by atoms with Gasteiger partial charge in [-0.25, -0.2) is 9.78 Å². The first-order valence-corrected chi connectivity index (χ1v) is 6.12. The Morgan fingerprint density at radius 2 is 2.24 bits per heavy atom. The van der Waals surface area contributed by atoms with Gasteiger partial charge in [-0.1, -0.05) is 23.7 Å². The van der Waals surface area contributed by atoms with Crippen molar-refractivity contribution in [1.29, 1.82) is 0 Å². The Kier molecular flexibility index (Phi) is 3.45. The van der Waals surface area contributed by atoms with Gasteiger partial charge in [0, 0.05) is 10.6 Å². The number of rotatable bonds is 2. The molecule has 2 aromatic rings. The van der Waals surface area contributed by atoms with Crippen LogP contribution in [0.25, 0.3) is 10.6 Å². The molecule has 0 saturated heterocycles. The summed E-state index contributed by atoms with van der Waals surface area (Å²) in [5, 5.41) is 1.45. The molecule has 0 amide bonds. The van der Waals surface area contributed by atoms with Gasteiger partial charge in [0.2, 0.25) is 0 Å². The molecule has 0 aliphatic carbocycles. The zero-order valence-electron chi connectivity index (χ0n) is 9.36. The van der Waals surface area contributed by atoms with Crippen LogP contribution in [0, 0.1) is 6.92 Å². The van der Waals surface area contributed by atoms with Crippen molar-refractivity contribution in [1.82, 2.24) is 4.98 Å². The molecule has 0 aliphatic heterocycles. The van der Waals surface area contributed by atoms with E-state index >= 15 is 0 Å². The normalized spacial score (nSPS) is 10.3. The SMILES string of the molecule is COC(=O)c1cnc(-c2ccc(C)c(Cl)c2)s1. The second-order valence-corrected chi connectivity index (χ2v) is 4.92. The number of ether oxygens (including phenoxy) is 1. The minimum atomic E-state index is -0.369. The standard InChI is InChI=1S/C12H10ClNO2S/c1-7-3-4-8(5-9(7)13)11-14-6-10(17-11)12(15)16-2/h3-6H,1-2H3. The highest BCUT2D eigenvalue weighted by atomic mass is 35.5. The zero-order chi connectivity index (χ0) is 12.4. The van der Waals surface area contributed by atoms with Crippen molar-refractivity contribution in [3.8, 4) is 10.6 Å². The lowest BCUT2D eigenvalue weighted by Gasteiger charge is -2.00. The summed E-state index contributed by atoms with van der Waals surface area (Å²) in [6.45, 7) is 1.94. The molecule has 3 nitrogen and oxygen atoms in total. The van der Waals surface area contributed by atoms with E-state index in [-0.39, 0.29) is 5.97 Å². The fourth-order valence-corrected chi connectivity index (χ4v) is 2.34. The third kappa shape index (κ3) is 2.48. The summed E-state index contributed by atoms with van der Waals surface area (Å²) >= 11 is 7.33. The van der Waals surface area contributed by atoms with E-state index in [9.17, 15) is 4.79 Å². The number of methoxy groups -OCH3 is 1. The van der Waals surface area contributed by atoms with E-state index < -0.39 is 0 Å². The van der Waals surface area contributed by atoms with Crippen LogP contribution >= 0.6 is 22.9 Å². The Morgan fingerprint density at radius 3 is 2.88 bits per heavy atom. The lowest BCUT2D eigenvalue weighted by atomic mass is 10.1. The second kappa shape index (κ2) is 4.85. The molecule has 0 bridgehead atoms. The van der Waals surface area contributed by atoms with Crippen molar-refractivity contribution >= 4 is 28.9 Å². The molecule has 1 aromatic carbocycles. The maximum atomic E-state index is 11.3. The number of hydrogen-bond acceptors (Lipinski definition) is 4. The number of thiazole rings is 1. The summed E-state index contributed by atoms with van der Waals surface area (Å²) in [5.41, 5.74) is 1.92. The summed E-state index contributed by atoms with van der Waals surface area (Å²) in [7, 11) is 1.35. The molecule has 0 spiro atoms. The van der Waals surface area contributed by atoms with Crippen molar-refractivity contribution in [3.05, 3.63) is 39.9 Å². The van der Waals surface area contributed by atoms with Gasteiger partial charge in [0.05, 0.1) is 13.3 Å². The van der Waals surface area contributed by atoms with Crippen molar-refractivity contribution in [3.63, 3.8) is 0 Å². The summed E-state index contributed by atoms with van der Waals surface area (Å²) in [4.78, 5) is 16.0. The predicted octanol–water partition coefficient (Wildman–Crippen LogP) is 3.56. The monoisotopic (exact) mass is 267 g/mol. The number of carbonyl (C=O) groups excluding carboxylic acids is 1. The molecule has 1 heterocycles. The highest BCUT2D eigenvalue weighted by molar-refractivity contribution is 7.16. The van der Waals surface area contributed by atoms with E-state index in [0.29, 0.717) is 9.90 Å². The van der Waals surface area contributed by atoms with E-state index in [0.717, 1.165) is 16.1 Å². The topological polar surface area (TPSA) is 39.2 Å². The molecule has 88 valence electrons. The summed E-state index contributed by atoms with van der Waals surface area (Å²) in [6, 6.07) is 5.70. The Balaban J connectivity index is 2.37. The smallest absolute Gasteiger partial charge is 0.349 e. The second-order valence-electron chi connectivity index (χ2n) is 3.49. The van der Waals surface area contributed by atoms with Gasteiger partial charge in [0.15, 0.2) is 0 Å². The quantitative estimate of drug-likeness (QED) is 0.781. The number of carbonyl (C=O) groups is 1. The van der Waals surface area contributed by atoms with Crippen LogP contribution in [0.5, 0.6) is 0 Å². The van der Waals surface area contributed by atoms with E-state index in [4.69, 9.17) is 11.6 Å². The summed E-state index contributed by atoms with van der Waals surface area (Å²) < 4.78 is 4.63. The van der Waals surface area contributed by atoms with Crippen LogP contribution in [0.4, 0.5) is 0 Å². The van der Waals surface area contributed by atoms with Crippen molar-refractivity contribution < 1.29 is 9.53 Å². The Hall–Kier alpha value is -1.39. The third-order valence-corrected chi connectivity index (χ3v) is 3.74. The van der Waals surface area contributed by atoms with Gasteiger partial charge < -0.3 is 4.74 Å². The maximum Gasteiger partial charge on any atom is 0.349 e. The summed E-state index contributed by atoms with van der Waals surface area (Å²) in [6.07, 6.45) is 1.51. The van der Waals surface area contributed by atoms with E-state index in [1.54, 1.807) is 0 Å². The largest absolute Gasteiger partial charge is 0.465 e. The van der Waals surface area contributed by atoms with Crippen LogP contribution in [-0.4, -0.2) is 18.1 Å². The number of hydrogen-bond donors (Lipinski definition) is 0. The molecule has 0 fully saturated rings. The fraction of sp³-hybridized carbons (Fsp3) is 0.167. The molecule has 0 atom stereocenters. The van der Waals surface area contributed by atoms with Crippen LogP contribution in [-0.2, 0) is 4.74 Å². The summed E-state index contributed by atoms with van der Waals surface area (Å²) in [5.74, 6) is -0.369. The average molecular weight is 268 g/mol. The van der Waals surface area contributed by atoms with Crippen LogP contribution in [0.3, 0.4) is 0 Å². The number of benzene rings is 1. The number of halogens is 1. The van der Waals surface area contributed by atoms with Gasteiger partial charge in [0.1, 0.15) is 9.88 Å². The number of esters is 1. The third-order valence-electron chi connectivity index (χ3n) is 2.31. The lowest BCUT2D eigenvalue weighted by molar-refractivity contribution is 0.0606. The Morgan fingerprint density at radius 1 is 1.47 bits per heavy atom. The molecular formula is C12H10ClNO2S. The van der Waals surface area contributed by atoms with Gasteiger partial charge in [0.25, 0.3) is 0 Å². The van der Waals surface area contributed by atoms with E-state index in [1.807, 2.05) is 25.1 Å². The molecule has 17 heavy (non-hydrogen) atoms. The van der Waals surface area contributed by atoms with Crippen LogP contribution < -0.4 is 0 Å². The minimum absolute atomic E-state index is 0.369. The van der Waals surface area contributed by atoms with Crippen LogP contribution in [0.15, 0.2) is 24.4 Å². The van der Waals surface area contributed by atoms with Crippen LogP contribution in [0.1, 0.15) is 15.2 Å². The van der Waals surface area contributed by atoms with Gasteiger partial charge in [-0.3, -0.25) is 0 Å². The first-order chi connectivity index (χ1) is 8.11. The van der Waals surface area contributed by atoms with E-state index in [1.165, 1.54) is 24.6 Å². The molecular weight excluding hydrogens is 258 g/mol. The van der Waals surface area contributed by atoms with Gasteiger partial charge >= 0.3 is 5.97 Å². The molecule has 2 rings (SSSR count). The molecule has 0 unspecified atom stereocenters.